The van der Waals surface area contributed by atoms with Gasteiger partial charge in [0.05, 0.1) is 11.6 Å². The van der Waals surface area contributed by atoms with Gasteiger partial charge in [0.15, 0.2) is 0 Å². The number of halogens is 1. The van der Waals surface area contributed by atoms with Crippen molar-refractivity contribution in [3.8, 4) is 5.75 Å². The largest absolute Gasteiger partial charge is 0.496 e. The van der Waals surface area contributed by atoms with Gasteiger partial charge in [0, 0.05) is 6.04 Å². The van der Waals surface area contributed by atoms with E-state index >= 15 is 0 Å². The standard InChI is InChI=1S/C17H20BrNO/c1-12-6-4-5-7-13(12)11-16(19-2)14-8-9-17(20-3)15(18)10-14/h4-10,16,19H,11H2,1-3H3. The normalized spacial score (nSPS) is 12.2. The fraction of sp³-hybridized carbons (Fsp3) is 0.294. The molecule has 0 aromatic heterocycles. The SMILES string of the molecule is CNC(Cc1ccccc1C)c1ccc(OC)c(Br)c1. The summed E-state index contributed by atoms with van der Waals surface area (Å²) < 4.78 is 6.27. The van der Waals surface area contributed by atoms with Gasteiger partial charge in [0.25, 0.3) is 0 Å². The first-order valence-corrected chi connectivity index (χ1v) is 7.50. The molecule has 0 radical (unpaired) electrons. The third kappa shape index (κ3) is 3.41. The average Bonchev–Trinajstić information content (AvgIpc) is 2.46. The van der Waals surface area contributed by atoms with Crippen LogP contribution in [0.4, 0.5) is 0 Å². The van der Waals surface area contributed by atoms with Crippen molar-refractivity contribution < 1.29 is 4.74 Å². The molecule has 106 valence electrons. The molecule has 3 heteroatoms. The molecule has 0 bridgehead atoms. The van der Waals surface area contributed by atoms with Crippen LogP contribution in [-0.4, -0.2) is 14.2 Å². The summed E-state index contributed by atoms with van der Waals surface area (Å²) in [4.78, 5) is 0. The molecule has 1 N–H and O–H groups in total. The van der Waals surface area contributed by atoms with E-state index < -0.39 is 0 Å². The second-order valence-corrected chi connectivity index (χ2v) is 5.72. The Morgan fingerprint density at radius 1 is 1.20 bits per heavy atom. The number of hydrogen-bond acceptors (Lipinski definition) is 2. The molecule has 0 heterocycles. The number of nitrogens with one attached hydrogen (secondary N) is 1. The van der Waals surface area contributed by atoms with Gasteiger partial charge < -0.3 is 10.1 Å². The van der Waals surface area contributed by atoms with E-state index in [1.165, 1.54) is 16.7 Å². The third-order valence-corrected chi connectivity index (χ3v) is 4.23. The van der Waals surface area contributed by atoms with E-state index in [0.29, 0.717) is 6.04 Å². The Morgan fingerprint density at radius 2 is 1.95 bits per heavy atom. The summed E-state index contributed by atoms with van der Waals surface area (Å²) in [6, 6.07) is 15.1. The summed E-state index contributed by atoms with van der Waals surface area (Å²) in [5.41, 5.74) is 3.96. The number of methoxy groups -OCH3 is 1. The number of aryl methyl sites for hydroxylation is 1. The average molecular weight is 334 g/mol. The number of likely N-dealkylation sites (N-methyl/N-ethyl adjacent to an activating group) is 1. The molecule has 0 saturated heterocycles. The minimum Gasteiger partial charge on any atom is -0.496 e. The third-order valence-electron chi connectivity index (χ3n) is 3.61. The Labute approximate surface area is 129 Å². The maximum atomic E-state index is 5.28. The quantitative estimate of drug-likeness (QED) is 0.882. The van der Waals surface area contributed by atoms with Gasteiger partial charge in [-0.25, -0.2) is 0 Å². The van der Waals surface area contributed by atoms with E-state index in [4.69, 9.17) is 4.74 Å². The van der Waals surface area contributed by atoms with E-state index in [1.807, 2.05) is 13.1 Å². The van der Waals surface area contributed by atoms with Crippen LogP contribution >= 0.6 is 15.9 Å². The van der Waals surface area contributed by atoms with E-state index in [2.05, 4.69) is 64.6 Å². The van der Waals surface area contributed by atoms with Crippen LogP contribution in [0, 0.1) is 6.92 Å². The van der Waals surface area contributed by atoms with Crippen LogP contribution in [0.3, 0.4) is 0 Å². The molecule has 0 fully saturated rings. The topological polar surface area (TPSA) is 21.3 Å². The lowest BCUT2D eigenvalue weighted by atomic mass is 9.96. The fourth-order valence-corrected chi connectivity index (χ4v) is 2.90. The molecule has 2 aromatic carbocycles. The van der Waals surface area contributed by atoms with Gasteiger partial charge in [-0.05, 0) is 65.1 Å². The summed E-state index contributed by atoms with van der Waals surface area (Å²) in [7, 11) is 3.68. The maximum absolute atomic E-state index is 5.28. The molecule has 2 nitrogen and oxygen atoms in total. The number of hydrogen-bond donors (Lipinski definition) is 1. The van der Waals surface area contributed by atoms with Crippen LogP contribution < -0.4 is 10.1 Å². The minimum atomic E-state index is 0.290. The van der Waals surface area contributed by atoms with Crippen LogP contribution in [0.25, 0.3) is 0 Å². The van der Waals surface area contributed by atoms with E-state index in [0.717, 1.165) is 16.6 Å². The number of rotatable bonds is 5. The zero-order valence-electron chi connectivity index (χ0n) is 12.1. The first-order chi connectivity index (χ1) is 9.65. The first kappa shape index (κ1) is 15.1. The van der Waals surface area contributed by atoms with Crippen molar-refractivity contribution in [1.82, 2.24) is 5.32 Å². The van der Waals surface area contributed by atoms with Gasteiger partial charge in [-0.2, -0.15) is 0 Å². The lowest BCUT2D eigenvalue weighted by molar-refractivity contribution is 0.411. The number of benzene rings is 2. The lowest BCUT2D eigenvalue weighted by Crippen LogP contribution is -2.19. The highest BCUT2D eigenvalue weighted by Gasteiger charge is 2.13. The van der Waals surface area contributed by atoms with Crippen molar-refractivity contribution in [3.63, 3.8) is 0 Å². The highest BCUT2D eigenvalue weighted by molar-refractivity contribution is 9.10. The van der Waals surface area contributed by atoms with Crippen molar-refractivity contribution >= 4 is 15.9 Å². The summed E-state index contributed by atoms with van der Waals surface area (Å²) >= 11 is 3.55. The Balaban J connectivity index is 2.24. The van der Waals surface area contributed by atoms with Crippen LogP contribution in [0.1, 0.15) is 22.7 Å². The van der Waals surface area contributed by atoms with Gasteiger partial charge in [-0.15, -0.1) is 0 Å². The molecule has 1 unspecified atom stereocenters. The molecule has 0 saturated carbocycles. The minimum absolute atomic E-state index is 0.290. The van der Waals surface area contributed by atoms with Gasteiger partial charge in [-0.3, -0.25) is 0 Å². The predicted molar refractivity (Wildman–Crippen MR) is 87.4 cm³/mol. The highest BCUT2D eigenvalue weighted by Crippen LogP contribution is 2.29. The molecule has 0 spiro atoms. The zero-order chi connectivity index (χ0) is 14.5. The van der Waals surface area contributed by atoms with Gasteiger partial charge in [0.1, 0.15) is 5.75 Å². The molecular weight excluding hydrogens is 314 g/mol. The summed E-state index contributed by atoms with van der Waals surface area (Å²) in [5.74, 6) is 0.861. The second-order valence-electron chi connectivity index (χ2n) is 4.87. The van der Waals surface area contributed by atoms with Crippen molar-refractivity contribution in [2.75, 3.05) is 14.2 Å². The summed E-state index contributed by atoms with van der Waals surface area (Å²) in [6.45, 7) is 2.16. The van der Waals surface area contributed by atoms with E-state index in [1.54, 1.807) is 7.11 Å². The zero-order valence-corrected chi connectivity index (χ0v) is 13.7. The summed E-state index contributed by atoms with van der Waals surface area (Å²) in [6.07, 6.45) is 0.974. The molecule has 20 heavy (non-hydrogen) atoms. The van der Waals surface area contributed by atoms with Crippen LogP contribution in [0.2, 0.25) is 0 Å². The molecule has 2 rings (SSSR count). The maximum Gasteiger partial charge on any atom is 0.133 e. The molecule has 0 amide bonds. The van der Waals surface area contributed by atoms with Crippen molar-refractivity contribution in [2.45, 2.75) is 19.4 Å². The van der Waals surface area contributed by atoms with Crippen LogP contribution in [0.15, 0.2) is 46.9 Å². The van der Waals surface area contributed by atoms with Crippen molar-refractivity contribution in [1.29, 1.82) is 0 Å². The van der Waals surface area contributed by atoms with Crippen molar-refractivity contribution in [3.05, 3.63) is 63.6 Å². The number of ether oxygens (including phenoxy) is 1. The van der Waals surface area contributed by atoms with Crippen LogP contribution in [0.5, 0.6) is 5.75 Å². The smallest absolute Gasteiger partial charge is 0.133 e. The fourth-order valence-electron chi connectivity index (χ4n) is 2.34. The lowest BCUT2D eigenvalue weighted by Gasteiger charge is -2.19. The Morgan fingerprint density at radius 3 is 2.55 bits per heavy atom. The molecule has 0 aliphatic rings. The second kappa shape index (κ2) is 6.91. The van der Waals surface area contributed by atoms with E-state index in [-0.39, 0.29) is 0 Å². The molecule has 0 aliphatic heterocycles. The van der Waals surface area contributed by atoms with Crippen molar-refractivity contribution in [2.24, 2.45) is 0 Å². The van der Waals surface area contributed by atoms with Gasteiger partial charge >= 0.3 is 0 Å². The molecule has 1 atom stereocenters. The molecular formula is C17H20BrNO. The van der Waals surface area contributed by atoms with Gasteiger partial charge in [-0.1, -0.05) is 30.3 Å². The Hall–Kier alpha value is -1.32. The highest BCUT2D eigenvalue weighted by atomic mass is 79.9. The molecule has 0 aliphatic carbocycles. The monoisotopic (exact) mass is 333 g/mol. The van der Waals surface area contributed by atoms with Crippen LogP contribution in [-0.2, 0) is 6.42 Å². The first-order valence-electron chi connectivity index (χ1n) is 6.71. The summed E-state index contributed by atoms with van der Waals surface area (Å²) in [5, 5.41) is 3.40. The Bertz CT molecular complexity index is 583. The Kier molecular flexibility index (Phi) is 5.21. The van der Waals surface area contributed by atoms with Gasteiger partial charge in [0.2, 0.25) is 0 Å². The predicted octanol–water partition coefficient (Wildman–Crippen LogP) is 4.27. The molecule has 2 aromatic rings. The van der Waals surface area contributed by atoms with E-state index in [9.17, 15) is 0 Å².